The van der Waals surface area contributed by atoms with E-state index in [0.29, 0.717) is 10.4 Å². The summed E-state index contributed by atoms with van der Waals surface area (Å²) >= 11 is 1.000. The Hall–Kier alpha value is -2.54. The molecule has 0 bridgehead atoms. The Morgan fingerprint density at radius 2 is 2.00 bits per heavy atom. The minimum absolute atomic E-state index is 0.111. The predicted octanol–water partition coefficient (Wildman–Crippen LogP) is 3.83. The van der Waals surface area contributed by atoms with Crippen LogP contribution in [0.1, 0.15) is 49.8 Å². The van der Waals surface area contributed by atoms with E-state index in [2.05, 4.69) is 5.32 Å². The van der Waals surface area contributed by atoms with Gasteiger partial charge >= 0.3 is 5.97 Å². The van der Waals surface area contributed by atoms with E-state index in [1.165, 1.54) is 25.1 Å². The van der Waals surface area contributed by atoms with Crippen LogP contribution in [-0.4, -0.2) is 24.3 Å². The quantitative estimate of drug-likeness (QED) is 0.658. The molecule has 126 valence electrons. The molecule has 0 aliphatic rings. The molecular weight excluding hydrogens is 333 g/mol. The largest absolute Gasteiger partial charge is 0.462 e. The second-order valence-corrected chi connectivity index (χ2v) is 6.02. The van der Waals surface area contributed by atoms with Gasteiger partial charge in [0.25, 0.3) is 5.91 Å². The summed E-state index contributed by atoms with van der Waals surface area (Å²) in [5.41, 5.74) is 0.720. The van der Waals surface area contributed by atoms with Gasteiger partial charge in [-0.3, -0.25) is 9.59 Å². The Morgan fingerprint density at radius 3 is 2.58 bits per heavy atom. The lowest BCUT2D eigenvalue weighted by molar-refractivity contribution is 0.0527. The molecule has 7 heteroatoms. The number of nitrogens with one attached hydrogen (secondary N) is 1. The third-order valence-corrected chi connectivity index (χ3v) is 4.57. The zero-order chi connectivity index (χ0) is 17.9. The number of Topliss-reactive ketones (excluding diaryl/α,β-unsaturated/α-hetero) is 1. The highest BCUT2D eigenvalue weighted by Crippen LogP contribution is 2.34. The number of benzene rings is 1. The van der Waals surface area contributed by atoms with E-state index in [4.69, 9.17) is 4.74 Å². The van der Waals surface area contributed by atoms with Crippen LogP contribution in [0.25, 0.3) is 0 Å². The highest BCUT2D eigenvalue weighted by atomic mass is 32.1. The SMILES string of the molecule is CCOC(=O)c1c(NC(=O)c2cccc(F)c2)sc(C(C)=O)c1C. The summed E-state index contributed by atoms with van der Waals surface area (Å²) in [6.07, 6.45) is 0. The van der Waals surface area contributed by atoms with Crippen LogP contribution in [0, 0.1) is 12.7 Å². The van der Waals surface area contributed by atoms with Crippen molar-refractivity contribution >= 4 is 34.0 Å². The number of ether oxygens (including phenoxy) is 1. The van der Waals surface area contributed by atoms with Gasteiger partial charge < -0.3 is 10.1 Å². The van der Waals surface area contributed by atoms with Crippen LogP contribution >= 0.6 is 11.3 Å². The first kappa shape index (κ1) is 17.8. The lowest BCUT2D eigenvalue weighted by atomic mass is 10.1. The molecule has 0 radical (unpaired) electrons. The summed E-state index contributed by atoms with van der Waals surface area (Å²) in [5.74, 6) is -1.95. The minimum Gasteiger partial charge on any atom is -0.462 e. The fourth-order valence-corrected chi connectivity index (χ4v) is 3.28. The Labute approximate surface area is 142 Å². The maximum atomic E-state index is 13.3. The summed E-state index contributed by atoms with van der Waals surface area (Å²) in [6.45, 7) is 4.83. The number of ketones is 1. The molecule has 1 aromatic heterocycles. The minimum atomic E-state index is -0.617. The maximum absolute atomic E-state index is 13.3. The molecule has 1 heterocycles. The Morgan fingerprint density at radius 1 is 1.29 bits per heavy atom. The third kappa shape index (κ3) is 3.68. The van der Waals surface area contributed by atoms with Gasteiger partial charge in [0.05, 0.1) is 17.0 Å². The molecule has 0 unspecified atom stereocenters. The zero-order valence-electron chi connectivity index (χ0n) is 13.4. The molecule has 24 heavy (non-hydrogen) atoms. The topological polar surface area (TPSA) is 72.5 Å². The molecule has 1 aromatic carbocycles. The Bertz CT molecular complexity index is 813. The number of carbonyl (C=O) groups excluding carboxylic acids is 3. The molecule has 1 amide bonds. The van der Waals surface area contributed by atoms with E-state index >= 15 is 0 Å². The highest BCUT2D eigenvalue weighted by molar-refractivity contribution is 7.18. The Balaban J connectivity index is 2.41. The van der Waals surface area contributed by atoms with Crippen LogP contribution in [0.2, 0.25) is 0 Å². The van der Waals surface area contributed by atoms with Crippen LogP contribution in [0.15, 0.2) is 24.3 Å². The number of halogens is 1. The van der Waals surface area contributed by atoms with E-state index < -0.39 is 17.7 Å². The standard InChI is InChI=1S/C17H16FNO4S/c1-4-23-17(22)13-9(2)14(10(3)20)24-16(13)19-15(21)11-6-5-7-12(18)8-11/h5-8H,4H2,1-3H3,(H,19,21). The molecule has 2 aromatic rings. The van der Waals surface area contributed by atoms with Gasteiger partial charge in [0.1, 0.15) is 10.8 Å². The van der Waals surface area contributed by atoms with Crippen molar-refractivity contribution in [3.63, 3.8) is 0 Å². The molecule has 0 fully saturated rings. The van der Waals surface area contributed by atoms with Gasteiger partial charge in [-0.05, 0) is 44.5 Å². The smallest absolute Gasteiger partial charge is 0.341 e. The van der Waals surface area contributed by atoms with Crippen molar-refractivity contribution in [3.05, 3.63) is 51.7 Å². The van der Waals surface area contributed by atoms with E-state index in [0.717, 1.165) is 17.4 Å². The fourth-order valence-electron chi connectivity index (χ4n) is 2.19. The molecule has 5 nitrogen and oxygen atoms in total. The molecule has 0 saturated carbocycles. The van der Waals surface area contributed by atoms with Crippen LogP contribution < -0.4 is 5.32 Å². The monoisotopic (exact) mass is 349 g/mol. The molecular formula is C17H16FNO4S. The number of anilines is 1. The van der Waals surface area contributed by atoms with Crippen molar-refractivity contribution in [1.82, 2.24) is 0 Å². The molecule has 2 rings (SSSR count). The molecule has 0 aliphatic carbocycles. The summed E-state index contributed by atoms with van der Waals surface area (Å²) in [4.78, 5) is 36.5. The first-order valence-corrected chi connectivity index (χ1v) is 8.05. The van der Waals surface area contributed by atoms with Crippen molar-refractivity contribution in [2.24, 2.45) is 0 Å². The van der Waals surface area contributed by atoms with Gasteiger partial charge in [-0.15, -0.1) is 11.3 Å². The van der Waals surface area contributed by atoms with Gasteiger partial charge in [0, 0.05) is 5.56 Å². The number of rotatable bonds is 5. The number of thiophene rings is 1. The number of esters is 1. The first-order valence-electron chi connectivity index (χ1n) is 7.23. The summed E-state index contributed by atoms with van der Waals surface area (Å²) < 4.78 is 18.2. The first-order chi connectivity index (χ1) is 11.3. The van der Waals surface area contributed by atoms with Crippen molar-refractivity contribution < 1.29 is 23.5 Å². The van der Waals surface area contributed by atoms with Gasteiger partial charge in [-0.25, -0.2) is 9.18 Å². The van der Waals surface area contributed by atoms with Gasteiger partial charge in [-0.2, -0.15) is 0 Å². The van der Waals surface area contributed by atoms with Crippen molar-refractivity contribution in [2.45, 2.75) is 20.8 Å². The second kappa shape index (κ2) is 7.35. The van der Waals surface area contributed by atoms with Crippen molar-refractivity contribution in [1.29, 1.82) is 0 Å². The summed E-state index contributed by atoms with van der Waals surface area (Å²) in [5, 5.41) is 2.78. The summed E-state index contributed by atoms with van der Waals surface area (Å²) in [7, 11) is 0. The fraction of sp³-hybridized carbons (Fsp3) is 0.235. The van der Waals surface area contributed by atoms with Gasteiger partial charge in [0.15, 0.2) is 5.78 Å². The van der Waals surface area contributed by atoms with E-state index in [9.17, 15) is 18.8 Å². The molecule has 0 atom stereocenters. The van der Waals surface area contributed by atoms with Crippen LogP contribution in [0.3, 0.4) is 0 Å². The van der Waals surface area contributed by atoms with Crippen LogP contribution in [0.4, 0.5) is 9.39 Å². The number of amides is 1. The van der Waals surface area contributed by atoms with E-state index in [1.54, 1.807) is 13.8 Å². The lowest BCUT2D eigenvalue weighted by Crippen LogP contribution is -2.15. The normalized spacial score (nSPS) is 10.3. The Kier molecular flexibility index (Phi) is 5.46. The van der Waals surface area contributed by atoms with Crippen molar-refractivity contribution in [2.75, 3.05) is 11.9 Å². The maximum Gasteiger partial charge on any atom is 0.341 e. The third-order valence-electron chi connectivity index (χ3n) is 3.26. The van der Waals surface area contributed by atoms with Crippen LogP contribution in [0.5, 0.6) is 0 Å². The average Bonchev–Trinajstić information content (AvgIpc) is 2.84. The van der Waals surface area contributed by atoms with E-state index in [1.807, 2.05) is 0 Å². The highest BCUT2D eigenvalue weighted by Gasteiger charge is 2.25. The number of carbonyl (C=O) groups is 3. The molecule has 0 spiro atoms. The van der Waals surface area contributed by atoms with Gasteiger partial charge in [0.2, 0.25) is 0 Å². The zero-order valence-corrected chi connectivity index (χ0v) is 14.3. The number of hydrogen-bond donors (Lipinski definition) is 1. The predicted molar refractivity (Wildman–Crippen MR) is 89.4 cm³/mol. The molecule has 0 saturated heterocycles. The average molecular weight is 349 g/mol. The molecule has 1 N–H and O–H groups in total. The van der Waals surface area contributed by atoms with E-state index in [-0.39, 0.29) is 28.5 Å². The molecule has 0 aliphatic heterocycles. The number of hydrogen-bond acceptors (Lipinski definition) is 5. The lowest BCUT2D eigenvalue weighted by Gasteiger charge is -2.07. The summed E-state index contributed by atoms with van der Waals surface area (Å²) in [6, 6.07) is 5.18. The van der Waals surface area contributed by atoms with Gasteiger partial charge in [-0.1, -0.05) is 6.07 Å². The van der Waals surface area contributed by atoms with Crippen LogP contribution in [-0.2, 0) is 4.74 Å². The second-order valence-electron chi connectivity index (χ2n) is 5.00. The van der Waals surface area contributed by atoms with Crippen molar-refractivity contribution in [3.8, 4) is 0 Å².